The van der Waals surface area contributed by atoms with Gasteiger partial charge in [-0.2, -0.15) is 0 Å². The maximum absolute atomic E-state index is 6.04. The summed E-state index contributed by atoms with van der Waals surface area (Å²) in [6.45, 7) is 20.4. The Morgan fingerprint density at radius 1 is 1.00 bits per heavy atom. The lowest BCUT2D eigenvalue weighted by Crippen LogP contribution is -2.37. The van der Waals surface area contributed by atoms with E-state index in [0.717, 1.165) is 0 Å². The van der Waals surface area contributed by atoms with Crippen LogP contribution in [0.15, 0.2) is 24.8 Å². The van der Waals surface area contributed by atoms with Gasteiger partial charge in [0, 0.05) is 0 Å². The molecule has 1 aromatic carbocycles. The predicted molar refractivity (Wildman–Crippen MR) is 96.1 cm³/mol. The van der Waals surface area contributed by atoms with Gasteiger partial charge in [0.15, 0.2) is 0 Å². The zero-order valence-corrected chi connectivity index (χ0v) is 15.8. The molecule has 1 rings (SSSR count). The highest BCUT2D eigenvalue weighted by Gasteiger charge is 2.23. The quantitative estimate of drug-likeness (QED) is 0.504. The van der Waals surface area contributed by atoms with Crippen LogP contribution in [0.4, 0.5) is 0 Å². The topological polar surface area (TPSA) is 9.23 Å². The maximum atomic E-state index is 6.04. The second-order valence-corrected chi connectivity index (χ2v) is 8.60. The predicted octanol–water partition coefficient (Wildman–Crippen LogP) is 5.09. The molecular weight excluding hydrogens is 272 g/mol. The number of hydrogen-bond acceptors (Lipinski definition) is 1. The molecule has 0 saturated heterocycles. The average molecular weight is 304 g/mol. The van der Waals surface area contributed by atoms with Gasteiger partial charge < -0.3 is 4.43 Å². The first kappa shape index (κ1) is 18.2. The van der Waals surface area contributed by atoms with Gasteiger partial charge in [0.25, 0.3) is 0 Å². The molecule has 1 aromatic rings. The molecule has 1 nitrogen and oxygen atoms in total. The fourth-order valence-corrected chi connectivity index (χ4v) is 4.67. The van der Waals surface area contributed by atoms with Crippen molar-refractivity contribution in [1.29, 1.82) is 0 Å². The molecule has 0 N–H and O–H groups in total. The van der Waals surface area contributed by atoms with Crippen molar-refractivity contribution in [3.8, 4) is 0 Å². The second-order valence-electron chi connectivity index (χ2n) is 6.69. The molecule has 0 fully saturated rings. The molecule has 0 aliphatic carbocycles. The van der Waals surface area contributed by atoms with E-state index in [-0.39, 0.29) is 0 Å². The summed E-state index contributed by atoms with van der Waals surface area (Å²) < 4.78 is 6.04. The van der Waals surface area contributed by atoms with Crippen LogP contribution >= 0.6 is 0 Å². The van der Waals surface area contributed by atoms with Gasteiger partial charge in [-0.15, -0.1) is 6.58 Å². The first-order chi connectivity index (χ1) is 9.79. The van der Waals surface area contributed by atoms with Crippen LogP contribution in [-0.2, 0) is 4.43 Å². The molecule has 1 radical (unpaired) electrons. The molecule has 0 atom stereocenters. The maximum Gasteiger partial charge on any atom is 0.244 e. The van der Waals surface area contributed by atoms with E-state index >= 15 is 0 Å². The summed E-state index contributed by atoms with van der Waals surface area (Å²) in [5, 5.41) is 1.48. The highest BCUT2D eigenvalue weighted by Crippen LogP contribution is 2.26. The zero-order valence-electron chi connectivity index (χ0n) is 14.8. The van der Waals surface area contributed by atoms with Crippen molar-refractivity contribution in [3.05, 3.63) is 41.5 Å². The highest BCUT2D eigenvalue weighted by atomic mass is 28.3. The summed E-state index contributed by atoms with van der Waals surface area (Å²) in [7, 11) is -0.992. The third-order valence-electron chi connectivity index (χ3n) is 3.90. The van der Waals surface area contributed by atoms with Crippen LogP contribution in [-0.4, -0.2) is 15.6 Å². The summed E-state index contributed by atoms with van der Waals surface area (Å²) in [4.78, 5) is 0. The molecule has 0 heterocycles. The Morgan fingerprint density at radius 3 is 1.81 bits per heavy atom. The first-order valence-corrected chi connectivity index (χ1v) is 9.95. The van der Waals surface area contributed by atoms with Crippen molar-refractivity contribution in [3.63, 3.8) is 0 Å². The van der Waals surface area contributed by atoms with E-state index in [1.165, 1.54) is 21.9 Å². The number of hydrogen-bond donors (Lipinski definition) is 0. The van der Waals surface area contributed by atoms with E-state index in [1.54, 1.807) is 0 Å². The third kappa shape index (κ3) is 4.55. The Morgan fingerprint density at radius 2 is 1.48 bits per heavy atom. The summed E-state index contributed by atoms with van der Waals surface area (Å²) in [5.41, 5.74) is 4.40. The van der Waals surface area contributed by atoms with Crippen molar-refractivity contribution in [2.45, 2.75) is 65.8 Å². The Kier molecular flexibility index (Phi) is 6.89. The van der Waals surface area contributed by atoms with E-state index in [4.69, 9.17) is 4.43 Å². The smallest absolute Gasteiger partial charge is 0.244 e. The molecule has 0 aliphatic rings. The van der Waals surface area contributed by atoms with Gasteiger partial charge in [-0.05, 0) is 46.2 Å². The van der Waals surface area contributed by atoms with E-state index in [9.17, 15) is 0 Å². The molecule has 0 saturated carbocycles. The Labute approximate surface area is 133 Å². The summed E-state index contributed by atoms with van der Waals surface area (Å²) in [6.07, 6.45) is 1.85. The molecule has 0 aromatic heterocycles. The minimum atomic E-state index is -0.992. The van der Waals surface area contributed by atoms with Gasteiger partial charge >= 0.3 is 0 Å². The minimum absolute atomic E-state index is 0.531. The minimum Gasteiger partial charge on any atom is -0.408 e. The van der Waals surface area contributed by atoms with Crippen LogP contribution in [0.5, 0.6) is 0 Å². The Balaban J connectivity index is 3.45. The zero-order chi connectivity index (χ0) is 16.2. The van der Waals surface area contributed by atoms with Gasteiger partial charge in [-0.1, -0.05) is 59.8 Å². The lowest BCUT2D eigenvalue weighted by molar-refractivity contribution is 0.378. The molecule has 0 spiro atoms. The fraction of sp³-hybridized carbons (Fsp3) is 0.579. The lowest BCUT2D eigenvalue weighted by Gasteiger charge is -2.25. The summed E-state index contributed by atoms with van der Waals surface area (Å²) in [6, 6.07) is 4.81. The number of benzene rings is 1. The normalized spacial score (nSPS) is 12.0. The summed E-state index contributed by atoms with van der Waals surface area (Å²) in [5.74, 6) is 1.63. The van der Waals surface area contributed by atoms with Crippen LogP contribution in [0.3, 0.4) is 0 Å². The van der Waals surface area contributed by atoms with Gasteiger partial charge in [0.1, 0.15) is 0 Å². The van der Waals surface area contributed by atoms with Crippen molar-refractivity contribution in [2.24, 2.45) is 0 Å². The van der Waals surface area contributed by atoms with Crippen molar-refractivity contribution >= 4 is 14.2 Å². The molecule has 21 heavy (non-hydrogen) atoms. The molecule has 117 valence electrons. The first-order valence-electron chi connectivity index (χ1n) is 8.04. The molecule has 0 amide bonds. The van der Waals surface area contributed by atoms with Crippen LogP contribution in [0.25, 0.3) is 0 Å². The Bertz CT molecular complexity index is 445. The van der Waals surface area contributed by atoms with Crippen LogP contribution in [0, 0.1) is 0 Å². The van der Waals surface area contributed by atoms with E-state index in [0.29, 0.717) is 24.4 Å². The molecule has 0 unspecified atom stereocenters. The Hall–Kier alpha value is -0.863. The van der Waals surface area contributed by atoms with E-state index in [2.05, 4.69) is 66.8 Å². The molecule has 0 aliphatic heterocycles. The fourth-order valence-electron chi connectivity index (χ4n) is 2.62. The van der Waals surface area contributed by atoms with Crippen molar-refractivity contribution in [2.75, 3.05) is 6.61 Å². The van der Waals surface area contributed by atoms with Gasteiger partial charge in [-0.25, -0.2) is 0 Å². The van der Waals surface area contributed by atoms with Crippen LogP contribution < -0.4 is 5.19 Å². The van der Waals surface area contributed by atoms with E-state index in [1.807, 2.05) is 6.08 Å². The standard InChI is InChI=1S/C19H31OSi/c1-9-10-20-21(8)19-17(14(4)5)11-16(13(2)3)12-18(19)15(6)7/h9,11-15H,1,10H2,2-8H3. The van der Waals surface area contributed by atoms with E-state index < -0.39 is 9.04 Å². The monoisotopic (exact) mass is 303 g/mol. The third-order valence-corrected chi connectivity index (χ3v) is 5.78. The number of rotatable bonds is 7. The van der Waals surface area contributed by atoms with Gasteiger partial charge in [0.2, 0.25) is 9.04 Å². The molecule has 2 heteroatoms. The summed E-state index contributed by atoms with van der Waals surface area (Å²) >= 11 is 0. The van der Waals surface area contributed by atoms with Crippen LogP contribution in [0.2, 0.25) is 6.55 Å². The van der Waals surface area contributed by atoms with Gasteiger partial charge in [0.05, 0.1) is 6.61 Å². The second kappa shape index (κ2) is 7.95. The van der Waals surface area contributed by atoms with Crippen molar-refractivity contribution < 1.29 is 4.43 Å². The molecular formula is C19H31OSi. The SMILES string of the molecule is C=CCO[Si](C)c1c(C(C)C)cc(C(C)C)cc1C(C)C. The molecule has 0 bridgehead atoms. The lowest BCUT2D eigenvalue weighted by atomic mass is 9.89. The average Bonchev–Trinajstić information content (AvgIpc) is 2.42. The van der Waals surface area contributed by atoms with Gasteiger partial charge in [-0.3, -0.25) is 0 Å². The van der Waals surface area contributed by atoms with Crippen LogP contribution in [0.1, 0.15) is 76.0 Å². The van der Waals surface area contributed by atoms with Crippen molar-refractivity contribution in [1.82, 2.24) is 0 Å². The highest BCUT2D eigenvalue weighted by molar-refractivity contribution is 6.67. The largest absolute Gasteiger partial charge is 0.408 e.